The fourth-order valence-corrected chi connectivity index (χ4v) is 12.3. The smallest absolute Gasteiger partial charge is 0.137 e. The molecule has 4 saturated carbocycles. The SMILES string of the molecule is C=Cc1c(/C=C\C)oc2cc(N(c3ccc4c(c3)-c3ccccc3C4(C)C)c3ccc4c(c3)C3(c5ccccc5-4)C4CC5CC(C4)CC3C5)ccc12. The van der Waals surface area contributed by atoms with Crippen LogP contribution in [0.2, 0.25) is 0 Å². The maximum atomic E-state index is 6.53. The summed E-state index contributed by atoms with van der Waals surface area (Å²) in [6.45, 7) is 10.9. The Morgan fingerprint density at radius 2 is 1.23 bits per heavy atom. The van der Waals surface area contributed by atoms with Gasteiger partial charge in [-0.2, -0.15) is 0 Å². The molecule has 5 aromatic carbocycles. The predicted molar refractivity (Wildman–Crippen MR) is 217 cm³/mol. The number of fused-ring (bicyclic) bond motifs is 7. The van der Waals surface area contributed by atoms with Gasteiger partial charge >= 0.3 is 0 Å². The largest absolute Gasteiger partial charge is 0.456 e. The zero-order chi connectivity index (χ0) is 34.9. The van der Waals surface area contributed by atoms with E-state index in [-0.39, 0.29) is 10.8 Å². The number of hydrogen-bond donors (Lipinski definition) is 0. The second-order valence-electron chi connectivity index (χ2n) is 16.9. The van der Waals surface area contributed by atoms with Gasteiger partial charge in [-0.15, -0.1) is 0 Å². The molecule has 0 radical (unpaired) electrons. The number of rotatable bonds is 5. The Labute approximate surface area is 307 Å². The van der Waals surface area contributed by atoms with Crippen LogP contribution in [-0.4, -0.2) is 0 Å². The standard InChI is InChI=1S/C50H45NO/c1-5-11-47-37(6-2)41-20-17-36(29-48(41)52-47)51(34-18-21-44-42(27-34)39-13-7-9-14-43(39)49(44,3)4)35-16-19-40-38-12-8-10-15-45(38)50(46(40)28-35)32-23-30-22-31(25-32)26-33(50)24-30/h5-21,27-33H,2,22-26H2,1,3-4H3/b11-5-. The molecule has 0 unspecified atom stereocenters. The van der Waals surface area contributed by atoms with Crippen molar-refractivity contribution in [1.29, 1.82) is 0 Å². The quantitative estimate of drug-likeness (QED) is 0.181. The Morgan fingerprint density at radius 3 is 1.96 bits per heavy atom. The summed E-state index contributed by atoms with van der Waals surface area (Å²) in [6, 6.07) is 39.7. The molecule has 12 rings (SSSR count). The Balaban J connectivity index is 1.14. The van der Waals surface area contributed by atoms with Crippen LogP contribution in [0.1, 0.15) is 86.5 Å². The van der Waals surface area contributed by atoms with Gasteiger partial charge in [0.05, 0.1) is 0 Å². The fourth-order valence-electron chi connectivity index (χ4n) is 12.3. The lowest BCUT2D eigenvalue weighted by atomic mass is 9.43. The van der Waals surface area contributed by atoms with Crippen molar-refractivity contribution in [2.75, 3.05) is 4.90 Å². The first kappa shape index (κ1) is 30.5. The first-order valence-corrected chi connectivity index (χ1v) is 19.5. The van der Waals surface area contributed by atoms with E-state index in [0.29, 0.717) is 0 Å². The van der Waals surface area contributed by atoms with E-state index in [1.54, 1.807) is 11.1 Å². The van der Waals surface area contributed by atoms with Gasteiger partial charge in [0.25, 0.3) is 0 Å². The normalized spacial score (nSPS) is 25.4. The number of hydrogen-bond acceptors (Lipinski definition) is 2. The van der Waals surface area contributed by atoms with Crippen LogP contribution in [0.3, 0.4) is 0 Å². The Morgan fingerprint density at radius 1 is 0.635 bits per heavy atom. The van der Waals surface area contributed by atoms with E-state index >= 15 is 0 Å². The summed E-state index contributed by atoms with van der Waals surface area (Å²) in [5, 5.41) is 1.09. The van der Waals surface area contributed by atoms with Crippen LogP contribution in [0.5, 0.6) is 0 Å². The number of nitrogens with zero attached hydrogens (tertiary/aromatic N) is 1. The van der Waals surface area contributed by atoms with Crippen LogP contribution >= 0.6 is 0 Å². The Bertz CT molecular complexity index is 2480. The van der Waals surface area contributed by atoms with Gasteiger partial charge in [-0.1, -0.05) is 93.2 Å². The van der Waals surface area contributed by atoms with Crippen molar-refractivity contribution in [3.63, 3.8) is 0 Å². The molecule has 0 aliphatic heterocycles. The van der Waals surface area contributed by atoms with Crippen molar-refractivity contribution in [1.82, 2.24) is 0 Å². The summed E-state index contributed by atoms with van der Waals surface area (Å²) in [5.74, 6) is 4.11. The molecule has 1 heterocycles. The first-order valence-electron chi connectivity index (χ1n) is 19.5. The minimum Gasteiger partial charge on any atom is -0.456 e. The van der Waals surface area contributed by atoms with Crippen molar-refractivity contribution in [2.45, 2.75) is 63.7 Å². The third-order valence-corrected chi connectivity index (χ3v) is 14.1. The van der Waals surface area contributed by atoms with E-state index < -0.39 is 0 Å². The molecule has 4 bridgehead atoms. The summed E-state index contributed by atoms with van der Waals surface area (Å²) in [4.78, 5) is 2.49. The van der Waals surface area contributed by atoms with Crippen LogP contribution in [0.4, 0.5) is 17.1 Å². The highest BCUT2D eigenvalue weighted by Gasteiger charge is 2.61. The molecule has 4 fully saturated rings. The van der Waals surface area contributed by atoms with E-state index in [0.717, 1.165) is 51.7 Å². The molecular formula is C50H45NO. The van der Waals surface area contributed by atoms with Gasteiger partial charge < -0.3 is 9.32 Å². The topological polar surface area (TPSA) is 16.4 Å². The molecule has 256 valence electrons. The highest BCUT2D eigenvalue weighted by atomic mass is 16.3. The summed E-state index contributed by atoms with van der Waals surface area (Å²) >= 11 is 0. The molecule has 0 atom stereocenters. The average Bonchev–Trinajstić information content (AvgIpc) is 3.73. The Hall–Kier alpha value is -5.08. The van der Waals surface area contributed by atoms with Crippen molar-refractivity contribution in [3.05, 3.63) is 149 Å². The highest BCUT2D eigenvalue weighted by Crippen LogP contribution is 2.69. The lowest BCUT2D eigenvalue weighted by molar-refractivity contribution is -0.0399. The van der Waals surface area contributed by atoms with Crippen molar-refractivity contribution in [3.8, 4) is 22.3 Å². The summed E-state index contributed by atoms with van der Waals surface area (Å²) < 4.78 is 6.53. The lowest BCUT2D eigenvalue weighted by Gasteiger charge is -2.61. The maximum Gasteiger partial charge on any atom is 0.137 e. The zero-order valence-corrected chi connectivity index (χ0v) is 30.5. The van der Waals surface area contributed by atoms with Crippen LogP contribution in [0, 0.1) is 23.7 Å². The summed E-state index contributed by atoms with van der Waals surface area (Å²) in [5.41, 5.74) is 17.0. The average molecular weight is 676 g/mol. The van der Waals surface area contributed by atoms with E-state index in [1.165, 1.54) is 76.9 Å². The number of anilines is 3. The molecule has 0 saturated heterocycles. The molecule has 52 heavy (non-hydrogen) atoms. The van der Waals surface area contributed by atoms with E-state index in [1.807, 2.05) is 25.2 Å². The van der Waals surface area contributed by atoms with Gasteiger partial charge in [0.2, 0.25) is 0 Å². The van der Waals surface area contributed by atoms with Gasteiger partial charge in [0, 0.05) is 44.9 Å². The fraction of sp³-hybridized carbons (Fsp3) is 0.280. The second-order valence-corrected chi connectivity index (χ2v) is 16.9. The van der Waals surface area contributed by atoms with Crippen LogP contribution < -0.4 is 4.90 Å². The zero-order valence-electron chi connectivity index (χ0n) is 30.5. The third kappa shape index (κ3) is 3.91. The molecule has 0 amide bonds. The molecule has 6 aromatic rings. The molecular weight excluding hydrogens is 631 g/mol. The molecule has 1 aromatic heterocycles. The Kier molecular flexibility index (Phi) is 6.30. The molecule has 6 aliphatic rings. The van der Waals surface area contributed by atoms with Crippen LogP contribution in [-0.2, 0) is 10.8 Å². The van der Waals surface area contributed by atoms with Gasteiger partial charge in [-0.25, -0.2) is 0 Å². The van der Waals surface area contributed by atoms with Gasteiger partial charge in [0.1, 0.15) is 11.3 Å². The van der Waals surface area contributed by atoms with Gasteiger partial charge in [0.15, 0.2) is 0 Å². The molecule has 0 N–H and O–H groups in total. The third-order valence-electron chi connectivity index (χ3n) is 14.1. The maximum absolute atomic E-state index is 6.53. The minimum atomic E-state index is -0.0438. The van der Waals surface area contributed by atoms with Crippen molar-refractivity contribution >= 4 is 40.2 Å². The highest BCUT2D eigenvalue weighted by molar-refractivity contribution is 5.95. The van der Waals surface area contributed by atoms with Gasteiger partial charge in [-0.05, 0) is 150 Å². The summed E-state index contributed by atoms with van der Waals surface area (Å²) in [7, 11) is 0. The molecule has 2 nitrogen and oxygen atoms in total. The van der Waals surface area contributed by atoms with Crippen molar-refractivity contribution in [2.24, 2.45) is 23.7 Å². The first-order chi connectivity index (χ1) is 25.4. The predicted octanol–water partition coefficient (Wildman–Crippen LogP) is 13.6. The van der Waals surface area contributed by atoms with Crippen LogP contribution in [0.15, 0.2) is 120 Å². The monoisotopic (exact) mass is 675 g/mol. The van der Waals surface area contributed by atoms with Gasteiger partial charge in [-0.3, -0.25) is 0 Å². The van der Waals surface area contributed by atoms with Crippen molar-refractivity contribution < 1.29 is 4.42 Å². The second kappa shape index (κ2) is 10.7. The number of allylic oxidation sites excluding steroid dienone is 1. The van der Waals surface area contributed by atoms with E-state index in [9.17, 15) is 0 Å². The molecule has 1 spiro atoms. The van der Waals surface area contributed by atoms with Crippen LogP contribution in [0.25, 0.3) is 45.4 Å². The van der Waals surface area contributed by atoms with E-state index in [2.05, 4.69) is 128 Å². The summed E-state index contributed by atoms with van der Waals surface area (Å²) in [6.07, 6.45) is 13.0. The lowest BCUT2D eigenvalue weighted by Crippen LogP contribution is -2.55. The molecule has 6 aliphatic carbocycles. The van der Waals surface area contributed by atoms with E-state index in [4.69, 9.17) is 4.42 Å². The molecule has 2 heteroatoms. The number of furan rings is 1. The number of benzene rings is 5. The minimum absolute atomic E-state index is 0.0438.